The lowest BCUT2D eigenvalue weighted by Gasteiger charge is -2.45. The molecule has 0 N–H and O–H groups in total. The molecule has 45 heavy (non-hydrogen) atoms. The maximum Gasteiger partial charge on any atom is 0.306 e. The average Bonchev–Trinajstić information content (AvgIpc) is 2.88. The van der Waals surface area contributed by atoms with E-state index in [1.165, 1.54) is 62.9 Å². The lowest BCUT2D eigenvalue weighted by Crippen LogP contribution is -2.51. The van der Waals surface area contributed by atoms with Crippen LogP contribution in [0.15, 0.2) is 12.2 Å². The summed E-state index contributed by atoms with van der Waals surface area (Å²) in [4.78, 5) is 12.1. The summed E-state index contributed by atoms with van der Waals surface area (Å²) >= 11 is 4.29. The quantitative estimate of drug-likeness (QED) is 0.0578. The monoisotopic (exact) mass is 702 g/mol. The van der Waals surface area contributed by atoms with Crippen LogP contribution >= 0.6 is 23.5 Å². The van der Waals surface area contributed by atoms with Gasteiger partial charge in [-0.3, -0.25) is 4.79 Å². The maximum absolute atomic E-state index is 12.1. The highest BCUT2D eigenvalue weighted by Gasteiger charge is 2.44. The van der Waals surface area contributed by atoms with Crippen LogP contribution in [0.3, 0.4) is 0 Å². The molecule has 1 aliphatic heterocycles. The molecular formula is C37H74O4S2Si2. The Kier molecular flexibility index (Phi) is 18.2. The number of hydrogen-bond acceptors (Lipinski definition) is 6. The van der Waals surface area contributed by atoms with E-state index in [0.29, 0.717) is 6.42 Å². The fourth-order valence-corrected chi connectivity index (χ4v) is 10.8. The lowest BCUT2D eigenvalue weighted by atomic mass is 10.0. The van der Waals surface area contributed by atoms with Crippen LogP contribution < -0.4 is 0 Å². The zero-order chi connectivity index (χ0) is 34.6. The van der Waals surface area contributed by atoms with Crippen LogP contribution in [0.4, 0.5) is 0 Å². The number of ether oxygens (including phenoxy) is 1. The third kappa shape index (κ3) is 16.5. The van der Waals surface area contributed by atoms with Gasteiger partial charge in [-0.15, -0.1) is 23.5 Å². The van der Waals surface area contributed by atoms with Crippen molar-refractivity contribution in [3.63, 3.8) is 0 Å². The van der Waals surface area contributed by atoms with E-state index in [4.69, 9.17) is 13.6 Å². The smallest absolute Gasteiger partial charge is 0.306 e. The van der Waals surface area contributed by atoms with E-state index in [2.05, 4.69) is 110 Å². The Labute approximate surface area is 291 Å². The molecule has 0 aromatic carbocycles. The number of thioether (sulfide) groups is 2. The molecule has 1 saturated heterocycles. The third-order valence-electron chi connectivity index (χ3n) is 9.80. The minimum Gasteiger partial charge on any atom is -0.460 e. The van der Waals surface area contributed by atoms with E-state index in [0.717, 1.165) is 19.3 Å². The number of hydrogen-bond donors (Lipinski definition) is 0. The van der Waals surface area contributed by atoms with Crippen LogP contribution in [0, 0.1) is 0 Å². The van der Waals surface area contributed by atoms with Gasteiger partial charge in [0.05, 0.1) is 16.3 Å². The van der Waals surface area contributed by atoms with Crippen molar-refractivity contribution in [2.24, 2.45) is 0 Å². The lowest BCUT2D eigenvalue weighted by molar-refractivity contribution is -0.154. The highest BCUT2D eigenvalue weighted by molar-refractivity contribution is 8.19. The summed E-state index contributed by atoms with van der Waals surface area (Å²) < 4.78 is 20.1. The van der Waals surface area contributed by atoms with Crippen molar-refractivity contribution in [1.82, 2.24) is 0 Å². The Bertz CT molecular complexity index is 878. The summed E-state index contributed by atoms with van der Waals surface area (Å²) in [5, 5.41) is 0.296. The minimum absolute atomic E-state index is 0.0234. The van der Waals surface area contributed by atoms with Crippen LogP contribution in [0.5, 0.6) is 0 Å². The number of rotatable bonds is 19. The molecular weight excluding hydrogens is 629 g/mol. The predicted molar refractivity (Wildman–Crippen MR) is 208 cm³/mol. The Hall–Kier alpha value is 0.264. The first kappa shape index (κ1) is 43.3. The third-order valence-corrected chi connectivity index (χ3v) is 22.1. The Morgan fingerprint density at radius 2 is 1.31 bits per heavy atom. The fourth-order valence-electron chi connectivity index (χ4n) is 4.92. The standard InChI is InChI=1S/C37H74O4S2Si2/c1-15-16-20-24-31(40-44(11,12)35(5,6)7)32(41-45(13,14)36(8,9)10)26-28-37(42-29-23-30-43-37)27-22-19-17-18-21-25-33(38)39-34(2,3)4/h26,28,31-32H,15-25,27,29-30H2,1-14H3/b28-26+/t31-,32-/m0/s1. The van der Waals surface area contributed by atoms with Crippen molar-refractivity contribution in [2.75, 3.05) is 11.5 Å². The molecule has 1 aliphatic rings. The van der Waals surface area contributed by atoms with Gasteiger partial charge in [-0.05, 0) is 94.2 Å². The van der Waals surface area contributed by atoms with Gasteiger partial charge in [-0.2, -0.15) is 0 Å². The first-order chi connectivity index (χ1) is 20.5. The zero-order valence-electron chi connectivity index (χ0n) is 32.2. The Morgan fingerprint density at radius 3 is 1.84 bits per heavy atom. The second-order valence-electron chi connectivity index (χ2n) is 17.3. The summed E-state index contributed by atoms with van der Waals surface area (Å²) in [5.74, 6) is 2.38. The van der Waals surface area contributed by atoms with Gasteiger partial charge in [0, 0.05) is 6.42 Å². The van der Waals surface area contributed by atoms with Crippen LogP contribution in [0.2, 0.25) is 36.3 Å². The number of esters is 1. The van der Waals surface area contributed by atoms with Gasteiger partial charge in [0.1, 0.15) is 5.60 Å². The highest BCUT2D eigenvalue weighted by Crippen LogP contribution is 2.48. The van der Waals surface area contributed by atoms with Gasteiger partial charge < -0.3 is 13.6 Å². The van der Waals surface area contributed by atoms with Crippen LogP contribution in [0.25, 0.3) is 0 Å². The number of unbranched alkanes of at least 4 members (excludes halogenated alkanes) is 6. The molecule has 0 unspecified atom stereocenters. The predicted octanol–water partition coefficient (Wildman–Crippen LogP) is 12.5. The molecule has 0 radical (unpaired) electrons. The summed E-state index contributed by atoms with van der Waals surface area (Å²) in [6.07, 6.45) is 18.4. The second kappa shape index (κ2) is 18.9. The SMILES string of the molecule is CCCCC[C@H](O[Si](C)(C)C(C)(C)C)[C@H](/C=C/C1(CCCCCCCC(=O)OC(C)(C)C)SCCCS1)O[Si](C)(C)C(C)(C)C. The first-order valence-corrected chi connectivity index (χ1v) is 25.9. The molecule has 0 bridgehead atoms. The van der Waals surface area contributed by atoms with E-state index >= 15 is 0 Å². The molecule has 0 saturated carbocycles. The van der Waals surface area contributed by atoms with E-state index < -0.39 is 22.2 Å². The highest BCUT2D eigenvalue weighted by atomic mass is 32.2. The topological polar surface area (TPSA) is 44.8 Å². The molecule has 0 spiro atoms. The largest absolute Gasteiger partial charge is 0.460 e. The first-order valence-electron chi connectivity index (χ1n) is 18.1. The molecule has 0 aliphatic carbocycles. The van der Waals surface area contributed by atoms with E-state index in [1.807, 2.05) is 20.8 Å². The zero-order valence-corrected chi connectivity index (χ0v) is 35.8. The molecule has 1 heterocycles. The Morgan fingerprint density at radius 1 is 0.778 bits per heavy atom. The summed E-state index contributed by atoms with van der Waals surface area (Å²) in [7, 11) is -4.03. The summed E-state index contributed by atoms with van der Waals surface area (Å²) in [6.45, 7) is 31.8. The molecule has 1 fully saturated rings. The second-order valence-corrected chi connectivity index (χ2v) is 30.0. The number of carbonyl (C=O) groups is 1. The maximum atomic E-state index is 12.1. The van der Waals surface area contributed by atoms with Gasteiger partial charge in [0.15, 0.2) is 16.6 Å². The molecule has 266 valence electrons. The van der Waals surface area contributed by atoms with Crippen molar-refractivity contribution in [3.05, 3.63) is 12.2 Å². The van der Waals surface area contributed by atoms with E-state index in [-0.39, 0.29) is 32.3 Å². The van der Waals surface area contributed by atoms with Crippen molar-refractivity contribution in [1.29, 1.82) is 0 Å². The van der Waals surface area contributed by atoms with E-state index in [1.54, 1.807) is 0 Å². The number of carbonyl (C=O) groups excluding carboxylic acids is 1. The Balaban J connectivity index is 3.13. The van der Waals surface area contributed by atoms with Gasteiger partial charge >= 0.3 is 5.97 Å². The molecule has 0 amide bonds. The van der Waals surface area contributed by atoms with E-state index in [9.17, 15) is 4.79 Å². The average molecular weight is 703 g/mol. The van der Waals surface area contributed by atoms with Crippen molar-refractivity contribution in [3.8, 4) is 0 Å². The van der Waals surface area contributed by atoms with Gasteiger partial charge in [-0.1, -0.05) is 106 Å². The van der Waals surface area contributed by atoms with Crippen LogP contribution in [-0.4, -0.2) is 56.0 Å². The molecule has 1 rings (SSSR count). The normalized spacial score (nSPS) is 18.3. The van der Waals surface area contributed by atoms with Gasteiger partial charge in [0.2, 0.25) is 0 Å². The molecule has 8 heteroatoms. The van der Waals surface area contributed by atoms with Crippen molar-refractivity contribution >= 4 is 46.1 Å². The van der Waals surface area contributed by atoms with Crippen LogP contribution in [-0.2, 0) is 18.4 Å². The fraction of sp³-hybridized carbons (Fsp3) is 0.919. The van der Waals surface area contributed by atoms with Gasteiger partial charge in [0.25, 0.3) is 0 Å². The molecule has 0 aromatic rings. The summed E-state index contributed by atoms with van der Waals surface area (Å²) in [5.41, 5.74) is -0.393. The molecule has 2 atom stereocenters. The van der Waals surface area contributed by atoms with Crippen molar-refractivity contribution < 1.29 is 18.4 Å². The summed E-state index contributed by atoms with van der Waals surface area (Å²) in [6, 6.07) is 0. The molecule has 0 aromatic heterocycles. The van der Waals surface area contributed by atoms with Crippen LogP contribution in [0.1, 0.15) is 146 Å². The van der Waals surface area contributed by atoms with Gasteiger partial charge in [-0.25, -0.2) is 0 Å². The minimum atomic E-state index is -2.04. The molecule has 4 nitrogen and oxygen atoms in total. The van der Waals surface area contributed by atoms with Crippen molar-refractivity contribution in [2.45, 2.75) is 204 Å².